The van der Waals surface area contributed by atoms with Crippen molar-refractivity contribution < 1.29 is 14.2 Å². The van der Waals surface area contributed by atoms with Gasteiger partial charge in [-0.1, -0.05) is 6.07 Å². The van der Waals surface area contributed by atoms with Crippen molar-refractivity contribution in [3.8, 4) is 17.2 Å². The third-order valence-electron chi connectivity index (χ3n) is 2.91. The van der Waals surface area contributed by atoms with Gasteiger partial charge in [0.05, 0.1) is 13.4 Å². The van der Waals surface area contributed by atoms with E-state index < -0.39 is 0 Å². The summed E-state index contributed by atoms with van der Waals surface area (Å²) in [4.78, 5) is 18.0. The van der Waals surface area contributed by atoms with Crippen molar-refractivity contribution in [2.24, 2.45) is 0 Å². The van der Waals surface area contributed by atoms with E-state index in [-0.39, 0.29) is 18.1 Å². The zero-order valence-corrected chi connectivity index (χ0v) is 10.8. The Morgan fingerprint density at radius 3 is 3.10 bits per heavy atom. The minimum atomic E-state index is -0.323. The van der Waals surface area contributed by atoms with E-state index in [0.29, 0.717) is 12.4 Å². The van der Waals surface area contributed by atoms with Gasteiger partial charge in [-0.25, -0.2) is 4.98 Å². The van der Waals surface area contributed by atoms with E-state index in [1.54, 1.807) is 0 Å². The Bertz CT molecular complexity index is 684. The number of nitrogens with zero attached hydrogens (tertiary/aromatic N) is 1. The lowest BCUT2D eigenvalue weighted by molar-refractivity contribution is 0.174. The molecule has 0 radical (unpaired) electrons. The molecule has 1 aromatic carbocycles. The number of methoxy groups -OCH3 is 1. The molecule has 0 amide bonds. The van der Waals surface area contributed by atoms with Gasteiger partial charge in [0.2, 0.25) is 12.5 Å². The van der Waals surface area contributed by atoms with Gasteiger partial charge in [0.15, 0.2) is 17.3 Å². The van der Waals surface area contributed by atoms with Crippen molar-refractivity contribution in [1.29, 1.82) is 0 Å². The van der Waals surface area contributed by atoms with Gasteiger partial charge < -0.3 is 24.5 Å². The average molecular weight is 275 g/mol. The number of hydrogen-bond acceptors (Lipinski definition) is 6. The molecule has 2 heterocycles. The second-order valence-electron chi connectivity index (χ2n) is 4.15. The molecule has 0 aliphatic carbocycles. The molecule has 0 atom stereocenters. The Hall–Kier alpha value is -2.70. The minimum absolute atomic E-state index is 0.160. The van der Waals surface area contributed by atoms with Crippen molar-refractivity contribution in [2.75, 3.05) is 19.2 Å². The number of anilines is 1. The predicted molar refractivity (Wildman–Crippen MR) is 71.3 cm³/mol. The van der Waals surface area contributed by atoms with E-state index in [1.807, 2.05) is 18.2 Å². The summed E-state index contributed by atoms with van der Waals surface area (Å²) < 4.78 is 15.6. The summed E-state index contributed by atoms with van der Waals surface area (Å²) in [6.07, 6.45) is 1.33. The van der Waals surface area contributed by atoms with Crippen LogP contribution in [0.2, 0.25) is 0 Å². The number of nitrogens with one attached hydrogen (secondary N) is 2. The van der Waals surface area contributed by atoms with Gasteiger partial charge in [-0.05, 0) is 17.7 Å². The topological polar surface area (TPSA) is 85.5 Å². The molecule has 7 heteroatoms. The van der Waals surface area contributed by atoms with Crippen molar-refractivity contribution in [3.63, 3.8) is 0 Å². The molecular weight excluding hydrogens is 262 g/mol. The van der Waals surface area contributed by atoms with Gasteiger partial charge in [0.25, 0.3) is 5.56 Å². The Labute approximate surface area is 114 Å². The Morgan fingerprint density at radius 1 is 1.40 bits per heavy atom. The lowest BCUT2D eigenvalue weighted by atomic mass is 10.2. The van der Waals surface area contributed by atoms with Crippen LogP contribution in [0.5, 0.6) is 17.2 Å². The molecule has 3 rings (SSSR count). The number of H-pyrrole nitrogens is 1. The number of aromatic nitrogens is 2. The molecule has 20 heavy (non-hydrogen) atoms. The van der Waals surface area contributed by atoms with Gasteiger partial charge in [-0.3, -0.25) is 4.79 Å². The van der Waals surface area contributed by atoms with Crippen LogP contribution in [0, 0.1) is 0 Å². The van der Waals surface area contributed by atoms with E-state index in [9.17, 15) is 4.79 Å². The van der Waals surface area contributed by atoms with Crippen LogP contribution in [-0.2, 0) is 6.54 Å². The van der Waals surface area contributed by atoms with Crippen LogP contribution >= 0.6 is 0 Å². The summed E-state index contributed by atoms with van der Waals surface area (Å²) >= 11 is 0. The second kappa shape index (κ2) is 5.12. The maximum absolute atomic E-state index is 11.5. The molecule has 0 fully saturated rings. The average Bonchev–Trinajstić information content (AvgIpc) is 2.92. The zero-order chi connectivity index (χ0) is 13.9. The Kier molecular flexibility index (Phi) is 3.16. The van der Waals surface area contributed by atoms with Gasteiger partial charge in [-0.15, -0.1) is 0 Å². The highest BCUT2D eigenvalue weighted by Crippen LogP contribution is 2.32. The van der Waals surface area contributed by atoms with Crippen LogP contribution in [-0.4, -0.2) is 23.9 Å². The Balaban J connectivity index is 1.77. The van der Waals surface area contributed by atoms with E-state index in [4.69, 9.17) is 14.2 Å². The highest BCUT2D eigenvalue weighted by atomic mass is 16.7. The fourth-order valence-corrected chi connectivity index (χ4v) is 1.94. The normalized spacial score (nSPS) is 12.2. The van der Waals surface area contributed by atoms with Crippen molar-refractivity contribution in [1.82, 2.24) is 9.97 Å². The van der Waals surface area contributed by atoms with E-state index in [1.165, 1.54) is 13.4 Å². The third-order valence-corrected chi connectivity index (χ3v) is 2.91. The molecule has 1 aliphatic heterocycles. The molecule has 0 saturated carbocycles. The first-order valence-corrected chi connectivity index (χ1v) is 6.02. The largest absolute Gasteiger partial charge is 0.489 e. The zero-order valence-electron chi connectivity index (χ0n) is 10.8. The monoisotopic (exact) mass is 275 g/mol. The Morgan fingerprint density at radius 2 is 2.25 bits per heavy atom. The van der Waals surface area contributed by atoms with Crippen LogP contribution < -0.4 is 25.1 Å². The SMILES string of the molecule is COc1c(NCc2ccc3c(c2)OCO3)nc[nH]c1=O. The molecule has 1 aromatic heterocycles. The lowest BCUT2D eigenvalue weighted by Crippen LogP contribution is -2.14. The van der Waals surface area contributed by atoms with Gasteiger partial charge in [0.1, 0.15) is 0 Å². The van der Waals surface area contributed by atoms with Crippen molar-refractivity contribution in [2.45, 2.75) is 6.54 Å². The fourth-order valence-electron chi connectivity index (χ4n) is 1.94. The number of hydrogen-bond donors (Lipinski definition) is 2. The molecule has 104 valence electrons. The molecule has 2 aromatic rings. The van der Waals surface area contributed by atoms with E-state index in [0.717, 1.165) is 17.1 Å². The maximum atomic E-state index is 11.5. The summed E-state index contributed by atoms with van der Waals surface area (Å²) in [5.41, 5.74) is 0.661. The molecule has 0 bridgehead atoms. The third kappa shape index (κ3) is 2.25. The molecule has 0 spiro atoms. The summed E-state index contributed by atoms with van der Waals surface area (Å²) in [6.45, 7) is 0.735. The van der Waals surface area contributed by atoms with Crippen LogP contribution in [0.25, 0.3) is 0 Å². The van der Waals surface area contributed by atoms with Gasteiger partial charge in [-0.2, -0.15) is 0 Å². The number of aromatic amines is 1. The highest BCUT2D eigenvalue weighted by molar-refractivity contribution is 5.50. The van der Waals surface area contributed by atoms with Gasteiger partial charge >= 0.3 is 0 Å². The highest BCUT2D eigenvalue weighted by Gasteiger charge is 2.14. The minimum Gasteiger partial charge on any atom is -0.489 e. The van der Waals surface area contributed by atoms with E-state index in [2.05, 4.69) is 15.3 Å². The van der Waals surface area contributed by atoms with Crippen LogP contribution in [0.4, 0.5) is 5.82 Å². The molecule has 7 nitrogen and oxygen atoms in total. The van der Waals surface area contributed by atoms with Crippen LogP contribution in [0.3, 0.4) is 0 Å². The quantitative estimate of drug-likeness (QED) is 0.869. The van der Waals surface area contributed by atoms with Crippen molar-refractivity contribution in [3.05, 3.63) is 40.4 Å². The fraction of sp³-hybridized carbons (Fsp3) is 0.231. The number of ether oxygens (including phenoxy) is 3. The second-order valence-corrected chi connectivity index (χ2v) is 4.15. The maximum Gasteiger partial charge on any atom is 0.295 e. The molecule has 0 saturated heterocycles. The molecular formula is C13H13N3O4. The summed E-state index contributed by atoms with van der Waals surface area (Å²) in [5.74, 6) is 2.01. The molecule has 0 unspecified atom stereocenters. The van der Waals surface area contributed by atoms with Gasteiger partial charge in [0, 0.05) is 6.54 Å². The summed E-state index contributed by atoms with van der Waals surface area (Å²) in [5, 5.41) is 3.06. The van der Waals surface area contributed by atoms with Crippen LogP contribution in [0.15, 0.2) is 29.3 Å². The first kappa shape index (κ1) is 12.3. The summed E-state index contributed by atoms with van der Waals surface area (Å²) in [6, 6.07) is 5.65. The first-order chi connectivity index (χ1) is 9.78. The summed E-state index contributed by atoms with van der Waals surface area (Å²) in [7, 11) is 1.43. The molecule has 2 N–H and O–H groups in total. The van der Waals surface area contributed by atoms with Crippen molar-refractivity contribution >= 4 is 5.82 Å². The molecule has 1 aliphatic rings. The van der Waals surface area contributed by atoms with Crippen LogP contribution in [0.1, 0.15) is 5.56 Å². The predicted octanol–water partition coefficient (Wildman–Crippen LogP) is 1.12. The lowest BCUT2D eigenvalue weighted by Gasteiger charge is -2.09. The first-order valence-electron chi connectivity index (χ1n) is 6.02. The standard InChI is InChI=1S/C13H13N3O4/c1-18-11-12(15-6-16-13(11)17)14-5-8-2-3-9-10(4-8)20-7-19-9/h2-4,6H,5,7H2,1H3,(H2,14,15,16,17). The number of fused-ring (bicyclic) bond motifs is 1. The number of benzene rings is 1. The van der Waals surface area contributed by atoms with E-state index >= 15 is 0 Å². The number of rotatable bonds is 4. The smallest absolute Gasteiger partial charge is 0.295 e.